The Morgan fingerprint density at radius 3 is 2.83 bits per heavy atom. The van der Waals surface area contributed by atoms with Gasteiger partial charge in [-0.1, -0.05) is 24.3 Å². The summed E-state index contributed by atoms with van der Waals surface area (Å²) in [6.07, 6.45) is 4.99. The van der Waals surface area contributed by atoms with E-state index in [1.807, 2.05) is 25.1 Å². The van der Waals surface area contributed by atoms with Gasteiger partial charge in [-0.3, -0.25) is 15.1 Å². The Kier molecular flexibility index (Phi) is 5.09. The normalized spacial score (nSPS) is 11.6. The maximum absolute atomic E-state index is 10.8. The van der Waals surface area contributed by atoms with Gasteiger partial charge in [0, 0.05) is 18.3 Å². The van der Waals surface area contributed by atoms with Gasteiger partial charge in [-0.2, -0.15) is 0 Å². The standard InChI is InChI=1S/C23H17N3O4/c1-15-7-10-22-20(12-15)25-23(30-22)19-14-17(8-9-21(19)27)24-11-3-5-16-4-2-6-18(13-16)26(28)29/h2-14,27H,1H3/b5-3+,24-11?. The van der Waals surface area contributed by atoms with Gasteiger partial charge < -0.3 is 9.52 Å². The second-order valence-corrected chi connectivity index (χ2v) is 6.68. The van der Waals surface area contributed by atoms with E-state index in [9.17, 15) is 15.2 Å². The number of aromatic hydroxyl groups is 1. The highest BCUT2D eigenvalue weighted by Gasteiger charge is 2.13. The lowest BCUT2D eigenvalue weighted by Crippen LogP contribution is -1.87. The maximum Gasteiger partial charge on any atom is 0.270 e. The number of fused-ring (bicyclic) bond motifs is 1. The molecule has 4 rings (SSSR count). The van der Waals surface area contributed by atoms with Crippen molar-refractivity contribution in [1.29, 1.82) is 0 Å². The number of nitrogens with zero attached hydrogens (tertiary/aromatic N) is 3. The van der Waals surface area contributed by atoms with Crippen LogP contribution in [0.2, 0.25) is 0 Å². The van der Waals surface area contributed by atoms with Crippen molar-refractivity contribution in [3.05, 3.63) is 88.0 Å². The van der Waals surface area contributed by atoms with Gasteiger partial charge >= 0.3 is 0 Å². The molecule has 0 atom stereocenters. The van der Waals surface area contributed by atoms with Crippen molar-refractivity contribution in [3.63, 3.8) is 0 Å². The van der Waals surface area contributed by atoms with Crippen LogP contribution in [0.15, 0.2) is 76.1 Å². The summed E-state index contributed by atoms with van der Waals surface area (Å²) in [6, 6.07) is 16.9. The van der Waals surface area contributed by atoms with Crippen molar-refractivity contribution in [2.75, 3.05) is 0 Å². The molecule has 0 bridgehead atoms. The smallest absolute Gasteiger partial charge is 0.270 e. The highest BCUT2D eigenvalue weighted by Crippen LogP contribution is 2.34. The fourth-order valence-electron chi connectivity index (χ4n) is 2.95. The number of aromatic nitrogens is 1. The van der Waals surface area contributed by atoms with Gasteiger partial charge in [0.2, 0.25) is 5.89 Å². The molecule has 7 nitrogen and oxygen atoms in total. The molecule has 1 N–H and O–H groups in total. The van der Waals surface area contributed by atoms with E-state index in [4.69, 9.17) is 4.42 Å². The number of phenolic OH excluding ortho intramolecular Hbond substituents is 1. The average Bonchev–Trinajstić information content (AvgIpc) is 3.15. The zero-order valence-electron chi connectivity index (χ0n) is 16.0. The predicted octanol–water partition coefficient (Wildman–Crippen LogP) is 5.83. The maximum atomic E-state index is 10.8. The number of phenols is 1. The Balaban J connectivity index is 1.57. The number of aryl methyl sites for hydroxylation is 1. The lowest BCUT2D eigenvalue weighted by molar-refractivity contribution is -0.384. The molecule has 0 spiro atoms. The monoisotopic (exact) mass is 399 g/mol. The summed E-state index contributed by atoms with van der Waals surface area (Å²) in [7, 11) is 0. The quantitative estimate of drug-likeness (QED) is 0.258. The van der Waals surface area contributed by atoms with Gasteiger partial charge in [0.25, 0.3) is 5.69 Å². The summed E-state index contributed by atoms with van der Waals surface area (Å²) in [5.41, 5.74) is 4.21. The lowest BCUT2D eigenvalue weighted by atomic mass is 10.1. The predicted molar refractivity (Wildman–Crippen MR) is 116 cm³/mol. The summed E-state index contributed by atoms with van der Waals surface area (Å²) in [5, 5.41) is 21.1. The van der Waals surface area contributed by atoms with E-state index >= 15 is 0 Å². The van der Waals surface area contributed by atoms with Crippen LogP contribution in [-0.4, -0.2) is 21.2 Å². The van der Waals surface area contributed by atoms with E-state index in [0.717, 1.165) is 11.1 Å². The molecule has 0 aliphatic heterocycles. The molecule has 148 valence electrons. The van der Waals surface area contributed by atoms with E-state index in [2.05, 4.69) is 9.98 Å². The minimum atomic E-state index is -0.434. The first-order valence-electron chi connectivity index (χ1n) is 9.15. The summed E-state index contributed by atoms with van der Waals surface area (Å²) in [4.78, 5) is 19.2. The van der Waals surface area contributed by atoms with Crippen LogP contribution in [0.4, 0.5) is 11.4 Å². The molecule has 0 radical (unpaired) electrons. The molecule has 0 aliphatic rings. The number of non-ortho nitro benzene ring substituents is 1. The lowest BCUT2D eigenvalue weighted by Gasteiger charge is -2.01. The van der Waals surface area contributed by atoms with Gasteiger partial charge in [0.1, 0.15) is 11.3 Å². The van der Waals surface area contributed by atoms with E-state index < -0.39 is 4.92 Å². The number of aliphatic imine (C=N–C) groups is 1. The molecule has 7 heteroatoms. The van der Waals surface area contributed by atoms with E-state index in [-0.39, 0.29) is 11.4 Å². The number of nitro groups is 1. The van der Waals surface area contributed by atoms with Crippen molar-refractivity contribution in [2.45, 2.75) is 6.92 Å². The molecule has 1 aromatic heterocycles. The second-order valence-electron chi connectivity index (χ2n) is 6.68. The van der Waals surface area contributed by atoms with Crippen LogP contribution in [0, 0.1) is 17.0 Å². The Morgan fingerprint density at radius 2 is 2.00 bits per heavy atom. The van der Waals surface area contributed by atoms with Crippen LogP contribution in [0.3, 0.4) is 0 Å². The third-order valence-corrected chi connectivity index (χ3v) is 4.43. The molecule has 1 heterocycles. The minimum absolute atomic E-state index is 0.0331. The van der Waals surface area contributed by atoms with Gasteiger partial charge in [-0.05, 0) is 54.5 Å². The van der Waals surface area contributed by atoms with E-state index in [1.54, 1.807) is 42.6 Å². The SMILES string of the molecule is Cc1ccc2oc(-c3cc(N=C/C=C/c4cccc([N+](=O)[O-])c4)ccc3O)nc2c1. The summed E-state index contributed by atoms with van der Waals surface area (Å²) >= 11 is 0. The van der Waals surface area contributed by atoms with Crippen LogP contribution in [0.25, 0.3) is 28.6 Å². The Hall–Kier alpha value is -4.26. The fraction of sp³-hybridized carbons (Fsp3) is 0.0435. The molecule has 0 unspecified atom stereocenters. The molecule has 0 aliphatic carbocycles. The van der Waals surface area contributed by atoms with Crippen LogP contribution >= 0.6 is 0 Å². The average molecular weight is 399 g/mol. The third kappa shape index (κ3) is 4.10. The largest absolute Gasteiger partial charge is 0.507 e. The molecule has 0 saturated carbocycles. The van der Waals surface area contributed by atoms with Crippen molar-refractivity contribution >= 4 is 34.8 Å². The molecule has 3 aromatic carbocycles. The zero-order valence-corrected chi connectivity index (χ0v) is 16.0. The van der Waals surface area contributed by atoms with Gasteiger partial charge in [-0.15, -0.1) is 0 Å². The molecular weight excluding hydrogens is 382 g/mol. The third-order valence-electron chi connectivity index (χ3n) is 4.43. The summed E-state index contributed by atoms with van der Waals surface area (Å²) in [6.45, 7) is 1.97. The van der Waals surface area contributed by atoms with Crippen molar-refractivity contribution < 1.29 is 14.4 Å². The number of hydrogen-bond acceptors (Lipinski definition) is 6. The number of nitro benzene ring substituents is 1. The number of benzene rings is 3. The van der Waals surface area contributed by atoms with Crippen molar-refractivity contribution in [3.8, 4) is 17.2 Å². The highest BCUT2D eigenvalue weighted by atomic mass is 16.6. The molecule has 4 aromatic rings. The van der Waals surface area contributed by atoms with Gasteiger partial charge in [-0.25, -0.2) is 4.98 Å². The summed E-state index contributed by atoms with van der Waals surface area (Å²) in [5.74, 6) is 0.363. The van der Waals surface area contributed by atoms with Gasteiger partial charge in [0.15, 0.2) is 5.58 Å². The second kappa shape index (κ2) is 8.00. The molecule has 30 heavy (non-hydrogen) atoms. The topological polar surface area (TPSA) is 102 Å². The van der Waals surface area contributed by atoms with Crippen LogP contribution in [0.5, 0.6) is 5.75 Å². The first-order chi connectivity index (χ1) is 14.5. The number of oxazole rings is 1. The van der Waals surface area contributed by atoms with Crippen LogP contribution in [-0.2, 0) is 0 Å². The van der Waals surface area contributed by atoms with Gasteiger partial charge in [0.05, 0.1) is 16.2 Å². The minimum Gasteiger partial charge on any atom is -0.507 e. The Morgan fingerprint density at radius 1 is 1.13 bits per heavy atom. The Labute approximate surface area is 171 Å². The van der Waals surface area contributed by atoms with Crippen LogP contribution < -0.4 is 0 Å². The van der Waals surface area contributed by atoms with Crippen molar-refractivity contribution in [2.24, 2.45) is 4.99 Å². The summed E-state index contributed by atoms with van der Waals surface area (Å²) < 4.78 is 5.77. The van der Waals surface area contributed by atoms with E-state index in [1.165, 1.54) is 18.2 Å². The first-order valence-corrected chi connectivity index (χ1v) is 9.15. The molecule has 0 amide bonds. The number of rotatable bonds is 5. The fourth-order valence-corrected chi connectivity index (χ4v) is 2.95. The molecule has 0 saturated heterocycles. The highest BCUT2D eigenvalue weighted by molar-refractivity contribution is 5.82. The van der Waals surface area contributed by atoms with Crippen LogP contribution in [0.1, 0.15) is 11.1 Å². The van der Waals surface area contributed by atoms with Crippen molar-refractivity contribution in [1.82, 2.24) is 4.98 Å². The first kappa shape index (κ1) is 19.1. The molecular formula is C23H17N3O4. The molecule has 0 fully saturated rings. The Bertz CT molecular complexity index is 1310. The van der Waals surface area contributed by atoms with E-state index in [0.29, 0.717) is 28.3 Å². The number of hydrogen-bond donors (Lipinski definition) is 1. The number of allylic oxidation sites excluding steroid dienone is 1. The zero-order chi connectivity index (χ0) is 21.1.